The summed E-state index contributed by atoms with van der Waals surface area (Å²) in [4.78, 5) is 25.9. The number of carbonyl (C=O) groups excluding carboxylic acids is 2. The molecule has 1 aromatic carbocycles. The molecule has 2 N–H and O–H groups in total. The van der Waals surface area contributed by atoms with E-state index in [9.17, 15) is 9.59 Å². The van der Waals surface area contributed by atoms with Gasteiger partial charge in [0, 0.05) is 33.6 Å². The normalized spacial score (nSPS) is 13.4. The van der Waals surface area contributed by atoms with Crippen molar-refractivity contribution < 1.29 is 9.59 Å². The van der Waals surface area contributed by atoms with E-state index in [0.717, 1.165) is 36.5 Å². The topological polar surface area (TPSA) is 63.1 Å². The first-order valence-electron chi connectivity index (χ1n) is 9.42. The van der Waals surface area contributed by atoms with Crippen molar-refractivity contribution in [1.82, 2.24) is 4.57 Å². The molecular formula is C22H23N3O2S. The zero-order chi connectivity index (χ0) is 19.7. The van der Waals surface area contributed by atoms with Gasteiger partial charge in [0.05, 0.1) is 12.1 Å². The highest BCUT2D eigenvalue weighted by Crippen LogP contribution is 2.30. The van der Waals surface area contributed by atoms with Gasteiger partial charge in [-0.1, -0.05) is 6.07 Å². The van der Waals surface area contributed by atoms with E-state index in [1.54, 1.807) is 11.3 Å². The number of anilines is 2. The number of benzene rings is 1. The number of amides is 2. The summed E-state index contributed by atoms with van der Waals surface area (Å²) in [6.45, 7) is 4.78. The molecule has 28 heavy (non-hydrogen) atoms. The Morgan fingerprint density at radius 2 is 1.75 bits per heavy atom. The van der Waals surface area contributed by atoms with Crippen molar-refractivity contribution in [1.29, 1.82) is 0 Å². The van der Waals surface area contributed by atoms with Gasteiger partial charge in [0.25, 0.3) is 5.91 Å². The molecule has 6 heteroatoms. The standard InChI is InChI=1S/C22H23N3O2S/c1-14-12-20(15(2)25(14)13-19-4-3-11-28-19)22(27)24-18-9-7-17(8-10-18)23-21(26)16-5-6-16/h3-4,7-12,16H,5-6,13H2,1-2H3,(H,23,26)(H,24,27). The Kier molecular flexibility index (Phi) is 5.05. The number of hydrogen-bond acceptors (Lipinski definition) is 3. The third kappa shape index (κ3) is 4.02. The van der Waals surface area contributed by atoms with E-state index in [0.29, 0.717) is 11.3 Å². The lowest BCUT2D eigenvalue weighted by Crippen LogP contribution is -2.14. The van der Waals surface area contributed by atoms with Crippen LogP contribution in [-0.4, -0.2) is 16.4 Å². The molecule has 0 atom stereocenters. The van der Waals surface area contributed by atoms with Crippen LogP contribution in [-0.2, 0) is 11.3 Å². The molecular weight excluding hydrogens is 370 g/mol. The van der Waals surface area contributed by atoms with Crippen molar-refractivity contribution in [3.05, 3.63) is 69.7 Å². The average Bonchev–Trinajstić information content (AvgIpc) is 3.34. The van der Waals surface area contributed by atoms with E-state index >= 15 is 0 Å². The molecule has 4 rings (SSSR count). The molecule has 0 bridgehead atoms. The van der Waals surface area contributed by atoms with Gasteiger partial charge in [-0.05, 0) is 68.5 Å². The Labute approximate surface area is 168 Å². The van der Waals surface area contributed by atoms with Crippen molar-refractivity contribution in [2.24, 2.45) is 5.92 Å². The number of carbonyl (C=O) groups is 2. The van der Waals surface area contributed by atoms with E-state index in [4.69, 9.17) is 0 Å². The minimum atomic E-state index is -0.125. The Morgan fingerprint density at radius 1 is 1.07 bits per heavy atom. The summed E-state index contributed by atoms with van der Waals surface area (Å²) in [5.74, 6) is 0.124. The first-order valence-corrected chi connectivity index (χ1v) is 10.3. The van der Waals surface area contributed by atoms with Gasteiger partial charge in [-0.3, -0.25) is 9.59 Å². The van der Waals surface area contributed by atoms with Crippen molar-refractivity contribution in [3.8, 4) is 0 Å². The van der Waals surface area contributed by atoms with Crippen LogP contribution >= 0.6 is 11.3 Å². The van der Waals surface area contributed by atoms with Crippen molar-refractivity contribution >= 4 is 34.5 Å². The van der Waals surface area contributed by atoms with Gasteiger partial charge in [-0.25, -0.2) is 0 Å². The first-order chi connectivity index (χ1) is 13.5. The highest BCUT2D eigenvalue weighted by Gasteiger charge is 2.29. The molecule has 2 heterocycles. The van der Waals surface area contributed by atoms with E-state index in [-0.39, 0.29) is 17.7 Å². The summed E-state index contributed by atoms with van der Waals surface area (Å²) in [5, 5.41) is 7.92. The van der Waals surface area contributed by atoms with Crippen LogP contribution in [0.5, 0.6) is 0 Å². The third-order valence-corrected chi connectivity index (χ3v) is 5.93. The molecule has 2 aromatic heterocycles. The Morgan fingerprint density at radius 3 is 2.36 bits per heavy atom. The number of hydrogen-bond donors (Lipinski definition) is 2. The largest absolute Gasteiger partial charge is 0.343 e. The van der Waals surface area contributed by atoms with Crippen LogP contribution in [0.1, 0.15) is 39.5 Å². The predicted molar refractivity (Wildman–Crippen MR) is 113 cm³/mol. The van der Waals surface area contributed by atoms with Crippen LogP contribution in [0.25, 0.3) is 0 Å². The molecule has 2 amide bonds. The fourth-order valence-electron chi connectivity index (χ4n) is 3.26. The fourth-order valence-corrected chi connectivity index (χ4v) is 3.95. The molecule has 1 saturated carbocycles. The highest BCUT2D eigenvalue weighted by molar-refractivity contribution is 7.09. The predicted octanol–water partition coefficient (Wildman–Crippen LogP) is 4.82. The molecule has 1 aliphatic rings. The Bertz CT molecular complexity index is 999. The smallest absolute Gasteiger partial charge is 0.257 e. The van der Waals surface area contributed by atoms with Crippen LogP contribution in [0.3, 0.4) is 0 Å². The van der Waals surface area contributed by atoms with Crippen molar-refractivity contribution in [3.63, 3.8) is 0 Å². The van der Waals surface area contributed by atoms with Crippen molar-refractivity contribution in [2.45, 2.75) is 33.2 Å². The Hall–Kier alpha value is -2.86. The molecule has 144 valence electrons. The van der Waals surface area contributed by atoms with Crippen LogP contribution in [0.4, 0.5) is 11.4 Å². The van der Waals surface area contributed by atoms with E-state index in [1.165, 1.54) is 4.88 Å². The molecule has 0 unspecified atom stereocenters. The molecule has 5 nitrogen and oxygen atoms in total. The molecule has 0 radical (unpaired) electrons. The maximum Gasteiger partial charge on any atom is 0.257 e. The van der Waals surface area contributed by atoms with Gasteiger partial charge in [0.2, 0.25) is 5.91 Å². The van der Waals surface area contributed by atoms with Crippen LogP contribution in [0.2, 0.25) is 0 Å². The SMILES string of the molecule is Cc1cc(C(=O)Nc2ccc(NC(=O)C3CC3)cc2)c(C)n1Cc1cccs1. The zero-order valence-electron chi connectivity index (χ0n) is 16.0. The lowest BCUT2D eigenvalue weighted by molar-refractivity contribution is -0.117. The minimum Gasteiger partial charge on any atom is -0.343 e. The number of nitrogens with zero attached hydrogens (tertiary/aromatic N) is 1. The highest BCUT2D eigenvalue weighted by atomic mass is 32.1. The van der Waals surface area contributed by atoms with Gasteiger partial charge in [0.1, 0.15) is 0 Å². The summed E-state index contributed by atoms with van der Waals surface area (Å²) in [7, 11) is 0. The summed E-state index contributed by atoms with van der Waals surface area (Å²) >= 11 is 1.72. The van der Waals surface area contributed by atoms with Gasteiger partial charge in [0.15, 0.2) is 0 Å². The molecule has 1 aliphatic carbocycles. The Balaban J connectivity index is 1.44. The van der Waals surface area contributed by atoms with Crippen LogP contribution < -0.4 is 10.6 Å². The zero-order valence-corrected chi connectivity index (χ0v) is 16.8. The van der Waals surface area contributed by atoms with Gasteiger partial charge in [-0.2, -0.15) is 0 Å². The van der Waals surface area contributed by atoms with Gasteiger partial charge >= 0.3 is 0 Å². The first kappa shape index (κ1) is 18.5. The van der Waals surface area contributed by atoms with Crippen LogP contribution in [0.15, 0.2) is 47.8 Å². The summed E-state index contributed by atoms with van der Waals surface area (Å²) in [6.07, 6.45) is 1.95. The number of thiophene rings is 1. The summed E-state index contributed by atoms with van der Waals surface area (Å²) < 4.78 is 2.16. The second kappa shape index (κ2) is 7.64. The second-order valence-electron chi connectivity index (χ2n) is 7.25. The molecule has 0 saturated heterocycles. The second-order valence-corrected chi connectivity index (χ2v) is 8.28. The number of nitrogens with one attached hydrogen (secondary N) is 2. The maximum absolute atomic E-state index is 12.8. The molecule has 3 aromatic rings. The van der Waals surface area contributed by atoms with Gasteiger partial charge < -0.3 is 15.2 Å². The van der Waals surface area contributed by atoms with Crippen molar-refractivity contribution in [2.75, 3.05) is 10.6 Å². The maximum atomic E-state index is 12.8. The minimum absolute atomic E-state index is 0.0787. The van der Waals surface area contributed by atoms with E-state index in [2.05, 4.69) is 26.6 Å². The summed E-state index contributed by atoms with van der Waals surface area (Å²) in [6, 6.07) is 13.3. The fraction of sp³-hybridized carbons (Fsp3) is 0.273. The quantitative estimate of drug-likeness (QED) is 0.631. The molecule has 0 spiro atoms. The lowest BCUT2D eigenvalue weighted by atomic mass is 10.2. The summed E-state index contributed by atoms with van der Waals surface area (Å²) in [5.41, 5.74) is 4.16. The third-order valence-electron chi connectivity index (χ3n) is 5.07. The van der Waals surface area contributed by atoms with Crippen LogP contribution in [0, 0.1) is 19.8 Å². The lowest BCUT2D eigenvalue weighted by Gasteiger charge is -2.09. The van der Waals surface area contributed by atoms with E-state index < -0.39 is 0 Å². The average molecular weight is 394 g/mol. The molecule has 0 aliphatic heterocycles. The van der Waals surface area contributed by atoms with E-state index in [1.807, 2.05) is 50.2 Å². The monoisotopic (exact) mass is 393 g/mol. The number of rotatable bonds is 6. The number of aromatic nitrogens is 1. The molecule has 1 fully saturated rings. The van der Waals surface area contributed by atoms with Gasteiger partial charge in [-0.15, -0.1) is 11.3 Å². The number of aryl methyl sites for hydroxylation is 1.